The van der Waals surface area contributed by atoms with Crippen LogP contribution in [0.1, 0.15) is 25.8 Å². The molecule has 2 bridgehead atoms. The lowest BCUT2D eigenvalue weighted by Crippen LogP contribution is -2.54. The van der Waals surface area contributed by atoms with Gasteiger partial charge in [-0.2, -0.15) is 10.4 Å². The molecule has 2 fully saturated rings. The van der Waals surface area contributed by atoms with E-state index in [2.05, 4.69) is 35.6 Å². The van der Waals surface area contributed by atoms with Crippen LogP contribution in [0.4, 0.5) is 4.39 Å². The molecule has 1 aromatic heterocycles. The second kappa shape index (κ2) is 8.27. The van der Waals surface area contributed by atoms with Gasteiger partial charge in [-0.25, -0.2) is 4.39 Å². The highest BCUT2D eigenvalue weighted by molar-refractivity contribution is 5.84. The van der Waals surface area contributed by atoms with Crippen LogP contribution in [0.25, 0.3) is 22.0 Å². The monoisotopic (exact) mass is 445 g/mol. The smallest absolute Gasteiger partial charge is 0.238 e. The molecule has 5 rings (SSSR count). The molecule has 1 aliphatic heterocycles. The number of amides is 1. The molecule has 6 nitrogen and oxygen atoms in total. The standard InChI is InChI=1S/C26H28FN5O/c1-14-15(2)23-11-21(14)25(30-23)26(33)29-20(12-28)8-18-6-4-16(9-22(18)27)17-5-7-19-13-32(3)31-24(19)10-17/h4-7,9-10,13-15,20-21,23,25,30H,8,11H2,1-3H3,(H,29,33)/t14-,15+,20+,21+,23+,25+/m1/s1. The van der Waals surface area contributed by atoms with E-state index in [0.29, 0.717) is 23.4 Å². The van der Waals surface area contributed by atoms with Gasteiger partial charge in [-0.3, -0.25) is 9.48 Å². The van der Waals surface area contributed by atoms with Crippen molar-refractivity contribution in [3.05, 3.63) is 54.0 Å². The number of piperidine rings is 1. The lowest BCUT2D eigenvalue weighted by molar-refractivity contribution is -0.125. The first kappa shape index (κ1) is 21.6. The van der Waals surface area contributed by atoms with Crippen molar-refractivity contribution < 1.29 is 9.18 Å². The lowest BCUT2D eigenvalue weighted by atomic mass is 9.84. The van der Waals surface area contributed by atoms with Crippen molar-refractivity contribution in [2.24, 2.45) is 24.8 Å². The summed E-state index contributed by atoms with van der Waals surface area (Å²) in [5.41, 5.74) is 2.88. The first-order valence-electron chi connectivity index (χ1n) is 11.5. The van der Waals surface area contributed by atoms with Gasteiger partial charge in [0.2, 0.25) is 5.91 Å². The number of aromatic nitrogens is 2. The van der Waals surface area contributed by atoms with Crippen LogP contribution >= 0.6 is 0 Å². The van der Waals surface area contributed by atoms with Crippen molar-refractivity contribution in [1.29, 1.82) is 5.26 Å². The quantitative estimate of drug-likeness (QED) is 0.629. The third-order valence-electron chi connectivity index (χ3n) is 7.67. The summed E-state index contributed by atoms with van der Waals surface area (Å²) in [6.45, 7) is 4.41. The molecule has 1 saturated carbocycles. The van der Waals surface area contributed by atoms with E-state index in [1.54, 1.807) is 10.7 Å². The minimum atomic E-state index is -0.781. The fraction of sp³-hybridized carbons (Fsp3) is 0.423. The summed E-state index contributed by atoms with van der Waals surface area (Å²) in [6.07, 6.45) is 3.06. The molecule has 1 amide bonds. The number of carbonyl (C=O) groups excluding carboxylic acids is 1. The maximum absolute atomic E-state index is 15.0. The fourth-order valence-corrected chi connectivity index (χ4v) is 5.58. The van der Waals surface area contributed by atoms with Gasteiger partial charge in [0, 0.05) is 31.1 Å². The number of benzene rings is 2. The number of hydrogen-bond acceptors (Lipinski definition) is 4. The number of nitrogens with one attached hydrogen (secondary N) is 2. The Morgan fingerprint density at radius 3 is 2.73 bits per heavy atom. The predicted molar refractivity (Wildman–Crippen MR) is 125 cm³/mol. The van der Waals surface area contributed by atoms with Gasteiger partial charge in [-0.1, -0.05) is 38.1 Å². The fourth-order valence-electron chi connectivity index (χ4n) is 5.58. The summed E-state index contributed by atoms with van der Waals surface area (Å²) >= 11 is 0. The van der Waals surface area contributed by atoms with Gasteiger partial charge in [-0.15, -0.1) is 0 Å². The van der Waals surface area contributed by atoms with Gasteiger partial charge in [0.25, 0.3) is 0 Å². The molecule has 2 aromatic carbocycles. The highest BCUT2D eigenvalue weighted by Gasteiger charge is 2.51. The van der Waals surface area contributed by atoms with E-state index in [1.165, 1.54) is 6.07 Å². The number of carbonyl (C=O) groups is 1. The summed E-state index contributed by atoms with van der Waals surface area (Å²) in [5.74, 6) is 0.772. The van der Waals surface area contributed by atoms with Crippen LogP contribution < -0.4 is 10.6 Å². The van der Waals surface area contributed by atoms with Crippen molar-refractivity contribution in [3.8, 4) is 17.2 Å². The average Bonchev–Trinajstić information content (AvgIpc) is 3.47. The second-order valence-corrected chi connectivity index (χ2v) is 9.65. The molecule has 6 atom stereocenters. The molecule has 3 aromatic rings. The van der Waals surface area contributed by atoms with Crippen molar-refractivity contribution >= 4 is 16.8 Å². The topological polar surface area (TPSA) is 82.7 Å². The van der Waals surface area contributed by atoms with Crippen LogP contribution in [0.15, 0.2) is 42.6 Å². The first-order valence-corrected chi connectivity index (χ1v) is 11.5. The molecule has 2 N–H and O–H groups in total. The molecule has 7 heteroatoms. The minimum Gasteiger partial charge on any atom is -0.339 e. The predicted octanol–water partition coefficient (Wildman–Crippen LogP) is 3.56. The Morgan fingerprint density at radius 1 is 1.27 bits per heavy atom. The Labute approximate surface area is 192 Å². The molecule has 0 radical (unpaired) electrons. The average molecular weight is 446 g/mol. The molecule has 170 valence electrons. The number of nitrogens with zero attached hydrogens (tertiary/aromatic N) is 3. The van der Waals surface area contributed by atoms with Crippen molar-refractivity contribution in [3.63, 3.8) is 0 Å². The van der Waals surface area contributed by atoms with Gasteiger partial charge in [0.15, 0.2) is 0 Å². The SMILES string of the molecule is C[C@@H]1[C@H](C)[C@@H]2C[C@@H]1[C@@H](C(=O)N[C@H](C#N)Cc1ccc(-c3ccc4cn(C)nc4c3)cc1F)N2. The van der Waals surface area contributed by atoms with Crippen LogP contribution in [-0.2, 0) is 18.3 Å². The highest BCUT2D eigenvalue weighted by atomic mass is 19.1. The zero-order chi connectivity index (χ0) is 23.3. The van der Waals surface area contributed by atoms with E-state index in [1.807, 2.05) is 37.5 Å². The molecule has 0 spiro atoms. The first-order chi connectivity index (χ1) is 15.8. The summed E-state index contributed by atoms with van der Waals surface area (Å²) in [6, 6.07) is 12.3. The third kappa shape index (κ3) is 3.89. The van der Waals surface area contributed by atoms with Crippen molar-refractivity contribution in [2.75, 3.05) is 0 Å². The number of halogens is 1. The number of rotatable bonds is 5. The van der Waals surface area contributed by atoms with Gasteiger partial charge >= 0.3 is 0 Å². The maximum Gasteiger partial charge on any atom is 0.238 e. The number of aryl methyl sites for hydroxylation is 1. The zero-order valence-corrected chi connectivity index (χ0v) is 19.0. The van der Waals surface area contributed by atoms with Crippen LogP contribution in [0.3, 0.4) is 0 Å². The lowest BCUT2D eigenvalue weighted by Gasteiger charge is -2.32. The number of fused-ring (bicyclic) bond motifs is 3. The molecule has 2 aliphatic rings. The van der Waals surface area contributed by atoms with Gasteiger partial charge in [-0.05, 0) is 53.0 Å². The minimum absolute atomic E-state index is 0.125. The third-order valence-corrected chi connectivity index (χ3v) is 7.67. The van der Waals surface area contributed by atoms with E-state index >= 15 is 0 Å². The van der Waals surface area contributed by atoms with Gasteiger partial charge in [0.05, 0.1) is 17.6 Å². The van der Waals surface area contributed by atoms with E-state index < -0.39 is 6.04 Å². The Morgan fingerprint density at radius 2 is 2.03 bits per heavy atom. The molecular weight excluding hydrogens is 417 g/mol. The summed E-state index contributed by atoms with van der Waals surface area (Å²) in [5, 5.41) is 21.3. The molecule has 33 heavy (non-hydrogen) atoms. The maximum atomic E-state index is 15.0. The van der Waals surface area contributed by atoms with Crippen LogP contribution in [-0.4, -0.2) is 33.8 Å². The Balaban J connectivity index is 1.28. The van der Waals surface area contributed by atoms with Crippen molar-refractivity contribution in [2.45, 2.75) is 44.8 Å². The summed E-state index contributed by atoms with van der Waals surface area (Å²) in [7, 11) is 1.87. The van der Waals surface area contributed by atoms with E-state index in [9.17, 15) is 14.4 Å². The van der Waals surface area contributed by atoms with Crippen molar-refractivity contribution in [1.82, 2.24) is 20.4 Å². The Kier molecular flexibility index (Phi) is 5.41. The zero-order valence-electron chi connectivity index (χ0n) is 19.0. The van der Waals surface area contributed by atoms with Crippen LogP contribution in [0.5, 0.6) is 0 Å². The van der Waals surface area contributed by atoms with Gasteiger partial charge in [0.1, 0.15) is 11.9 Å². The molecule has 1 aliphatic carbocycles. The molecular formula is C26H28FN5O. The van der Waals surface area contributed by atoms with E-state index in [4.69, 9.17) is 0 Å². The van der Waals surface area contributed by atoms with E-state index in [0.717, 1.165) is 28.5 Å². The van der Waals surface area contributed by atoms with Crippen LogP contribution in [0, 0.1) is 34.9 Å². The Bertz CT molecular complexity index is 1260. The number of hydrogen-bond donors (Lipinski definition) is 2. The largest absolute Gasteiger partial charge is 0.339 e. The number of nitriles is 1. The molecule has 0 unspecified atom stereocenters. The van der Waals surface area contributed by atoms with Gasteiger partial charge < -0.3 is 10.6 Å². The van der Waals surface area contributed by atoms with E-state index in [-0.39, 0.29) is 30.1 Å². The summed E-state index contributed by atoms with van der Waals surface area (Å²) < 4.78 is 16.7. The Hall–Kier alpha value is -3.24. The highest BCUT2D eigenvalue weighted by Crippen LogP contribution is 2.44. The second-order valence-electron chi connectivity index (χ2n) is 9.65. The normalized spacial score (nSPS) is 26.9. The molecule has 1 saturated heterocycles. The summed E-state index contributed by atoms with van der Waals surface area (Å²) in [4.78, 5) is 12.9. The van der Waals surface area contributed by atoms with Crippen LogP contribution in [0.2, 0.25) is 0 Å². The molecule has 2 heterocycles.